The Labute approximate surface area is 175 Å². The quantitative estimate of drug-likeness (QED) is 0.684. The molecule has 5 nitrogen and oxygen atoms in total. The minimum Gasteiger partial charge on any atom is -0.443 e. The first-order valence-corrected chi connectivity index (χ1v) is 9.86. The SMILES string of the molecule is CC(=O)CC[C@@]1(c2ccc(Cl)cc2)C(=O)N(C(=O)OC(C)(C)C)c2ccccc21. The van der Waals surface area contributed by atoms with Gasteiger partial charge in [0, 0.05) is 11.4 Å². The molecule has 0 bridgehead atoms. The molecular weight excluding hydrogens is 390 g/mol. The number of fused-ring (bicyclic) bond motifs is 1. The second-order valence-electron chi connectivity index (χ2n) is 8.25. The molecule has 0 spiro atoms. The number of para-hydroxylation sites is 1. The number of Topliss-reactive ketones (excluding diaryl/α,β-unsaturated/α-hetero) is 1. The van der Waals surface area contributed by atoms with E-state index in [0.717, 1.165) is 4.90 Å². The number of nitrogens with zero attached hydrogens (tertiary/aromatic N) is 1. The maximum Gasteiger partial charge on any atom is 0.421 e. The third-order valence-electron chi connectivity index (χ3n) is 4.94. The van der Waals surface area contributed by atoms with Crippen molar-refractivity contribution in [1.82, 2.24) is 0 Å². The summed E-state index contributed by atoms with van der Waals surface area (Å²) in [4.78, 5) is 39.6. The van der Waals surface area contributed by atoms with Crippen LogP contribution >= 0.6 is 11.6 Å². The van der Waals surface area contributed by atoms with Crippen LogP contribution in [0.5, 0.6) is 0 Å². The van der Waals surface area contributed by atoms with Crippen LogP contribution in [0.25, 0.3) is 0 Å². The lowest BCUT2D eigenvalue weighted by Crippen LogP contribution is -2.46. The number of carbonyl (C=O) groups is 3. The Balaban J connectivity index is 2.20. The third kappa shape index (κ3) is 3.92. The molecule has 1 aliphatic heterocycles. The Morgan fingerprint density at radius 3 is 2.28 bits per heavy atom. The minimum atomic E-state index is -1.16. The number of anilines is 1. The predicted octanol–water partition coefficient (Wildman–Crippen LogP) is 5.28. The van der Waals surface area contributed by atoms with Crippen molar-refractivity contribution in [1.29, 1.82) is 0 Å². The highest BCUT2D eigenvalue weighted by molar-refractivity contribution is 6.30. The first kappa shape index (κ1) is 21.1. The van der Waals surface area contributed by atoms with Crippen molar-refractivity contribution in [3.05, 3.63) is 64.7 Å². The Morgan fingerprint density at radius 1 is 1.07 bits per heavy atom. The number of ketones is 1. The van der Waals surface area contributed by atoms with Crippen molar-refractivity contribution in [2.24, 2.45) is 0 Å². The first-order valence-electron chi connectivity index (χ1n) is 9.49. The predicted molar refractivity (Wildman–Crippen MR) is 112 cm³/mol. The smallest absolute Gasteiger partial charge is 0.421 e. The van der Waals surface area contributed by atoms with E-state index in [-0.39, 0.29) is 18.6 Å². The van der Waals surface area contributed by atoms with Crippen LogP contribution in [-0.4, -0.2) is 23.4 Å². The number of benzene rings is 2. The van der Waals surface area contributed by atoms with E-state index in [9.17, 15) is 14.4 Å². The summed E-state index contributed by atoms with van der Waals surface area (Å²) in [5, 5.41) is 0.540. The van der Waals surface area contributed by atoms with E-state index in [4.69, 9.17) is 16.3 Å². The molecule has 0 saturated heterocycles. The van der Waals surface area contributed by atoms with Gasteiger partial charge in [0.2, 0.25) is 0 Å². The Morgan fingerprint density at radius 2 is 1.69 bits per heavy atom. The zero-order chi connectivity index (χ0) is 21.4. The summed E-state index contributed by atoms with van der Waals surface area (Å²) in [6.07, 6.45) is -0.280. The van der Waals surface area contributed by atoms with Crippen LogP contribution in [0.15, 0.2) is 48.5 Å². The van der Waals surface area contributed by atoms with Crippen LogP contribution in [0, 0.1) is 0 Å². The molecule has 0 aliphatic carbocycles. The van der Waals surface area contributed by atoms with E-state index >= 15 is 0 Å². The van der Waals surface area contributed by atoms with Crippen LogP contribution in [-0.2, 0) is 19.7 Å². The van der Waals surface area contributed by atoms with Gasteiger partial charge < -0.3 is 9.53 Å². The highest BCUT2D eigenvalue weighted by Gasteiger charge is 2.54. The molecule has 2 amide bonds. The highest BCUT2D eigenvalue weighted by atomic mass is 35.5. The molecule has 3 rings (SSSR count). The number of hydrogen-bond acceptors (Lipinski definition) is 4. The maximum atomic E-state index is 13.8. The Hall–Kier alpha value is -2.66. The van der Waals surface area contributed by atoms with E-state index in [2.05, 4.69) is 0 Å². The summed E-state index contributed by atoms with van der Waals surface area (Å²) in [5.41, 5.74) is -0.0719. The summed E-state index contributed by atoms with van der Waals surface area (Å²) in [7, 11) is 0. The Bertz CT molecular complexity index is 962. The summed E-state index contributed by atoms with van der Waals surface area (Å²) in [5.74, 6) is -0.448. The highest BCUT2D eigenvalue weighted by Crippen LogP contribution is 2.49. The van der Waals surface area contributed by atoms with E-state index in [0.29, 0.717) is 21.8 Å². The molecule has 6 heteroatoms. The van der Waals surface area contributed by atoms with Crippen molar-refractivity contribution in [2.45, 2.75) is 51.6 Å². The summed E-state index contributed by atoms with van der Waals surface area (Å²) in [6.45, 7) is 6.74. The third-order valence-corrected chi connectivity index (χ3v) is 5.19. The second-order valence-corrected chi connectivity index (χ2v) is 8.69. The van der Waals surface area contributed by atoms with Crippen LogP contribution in [0.1, 0.15) is 51.7 Å². The summed E-state index contributed by atoms with van der Waals surface area (Å²) in [6, 6.07) is 14.1. The normalized spacial score (nSPS) is 18.5. The fourth-order valence-corrected chi connectivity index (χ4v) is 3.82. The van der Waals surface area contributed by atoms with Gasteiger partial charge in [-0.15, -0.1) is 0 Å². The molecular formula is C23H24ClNO4. The van der Waals surface area contributed by atoms with E-state index < -0.39 is 23.0 Å². The number of imide groups is 1. The number of carbonyl (C=O) groups excluding carboxylic acids is 3. The number of halogens is 1. The minimum absolute atomic E-state index is 0.0284. The zero-order valence-corrected chi connectivity index (χ0v) is 17.7. The van der Waals surface area contributed by atoms with Gasteiger partial charge in [0.15, 0.2) is 0 Å². The van der Waals surface area contributed by atoms with Gasteiger partial charge in [-0.1, -0.05) is 41.9 Å². The van der Waals surface area contributed by atoms with Crippen LogP contribution in [0.2, 0.25) is 5.02 Å². The average Bonchev–Trinajstić information content (AvgIpc) is 2.88. The van der Waals surface area contributed by atoms with Gasteiger partial charge in [-0.25, -0.2) is 9.69 Å². The summed E-state index contributed by atoms with van der Waals surface area (Å²) < 4.78 is 5.50. The maximum absolute atomic E-state index is 13.8. The van der Waals surface area contributed by atoms with Gasteiger partial charge >= 0.3 is 6.09 Å². The molecule has 29 heavy (non-hydrogen) atoms. The molecule has 0 fully saturated rings. The van der Waals surface area contributed by atoms with Crippen molar-refractivity contribution in [3.63, 3.8) is 0 Å². The fourth-order valence-electron chi connectivity index (χ4n) is 3.70. The van der Waals surface area contributed by atoms with Crippen molar-refractivity contribution >= 4 is 35.1 Å². The zero-order valence-electron chi connectivity index (χ0n) is 17.0. The first-order chi connectivity index (χ1) is 13.6. The Kier molecular flexibility index (Phi) is 5.54. The number of amides is 2. The fraction of sp³-hybridized carbons (Fsp3) is 0.348. The molecule has 0 saturated carbocycles. The molecule has 2 aromatic rings. The molecule has 152 valence electrons. The van der Waals surface area contributed by atoms with Crippen LogP contribution < -0.4 is 4.90 Å². The molecule has 2 aromatic carbocycles. The second kappa shape index (κ2) is 7.64. The number of rotatable bonds is 4. The van der Waals surface area contributed by atoms with Gasteiger partial charge in [0.1, 0.15) is 16.8 Å². The lowest BCUT2D eigenvalue weighted by molar-refractivity contribution is -0.122. The van der Waals surface area contributed by atoms with Gasteiger partial charge in [-0.05, 0) is 63.4 Å². The molecule has 1 heterocycles. The van der Waals surface area contributed by atoms with E-state index in [1.807, 2.05) is 12.1 Å². The van der Waals surface area contributed by atoms with Gasteiger partial charge in [-0.2, -0.15) is 0 Å². The van der Waals surface area contributed by atoms with Gasteiger partial charge in [0.25, 0.3) is 5.91 Å². The summed E-state index contributed by atoms with van der Waals surface area (Å²) >= 11 is 6.06. The van der Waals surface area contributed by atoms with Crippen molar-refractivity contribution in [2.75, 3.05) is 4.90 Å². The monoisotopic (exact) mass is 413 g/mol. The topological polar surface area (TPSA) is 63.7 Å². The molecule has 1 atom stereocenters. The van der Waals surface area contributed by atoms with Gasteiger partial charge in [-0.3, -0.25) is 4.79 Å². The van der Waals surface area contributed by atoms with Crippen molar-refractivity contribution in [3.8, 4) is 0 Å². The molecule has 0 N–H and O–H groups in total. The lowest BCUT2D eigenvalue weighted by atomic mass is 9.72. The largest absolute Gasteiger partial charge is 0.443 e. The molecule has 0 radical (unpaired) electrons. The standard InChI is InChI=1S/C23H24ClNO4/c1-15(26)13-14-23(16-9-11-17(24)12-10-16)18-7-5-6-8-19(18)25(20(23)27)21(28)29-22(2,3)4/h5-12H,13-14H2,1-4H3/t23-/m0/s1. The van der Waals surface area contributed by atoms with E-state index in [1.165, 1.54) is 6.92 Å². The average molecular weight is 414 g/mol. The van der Waals surface area contributed by atoms with Crippen LogP contribution in [0.3, 0.4) is 0 Å². The molecule has 0 unspecified atom stereocenters. The number of hydrogen-bond donors (Lipinski definition) is 0. The lowest BCUT2D eigenvalue weighted by Gasteiger charge is -2.29. The van der Waals surface area contributed by atoms with E-state index in [1.54, 1.807) is 57.2 Å². The molecule has 0 aromatic heterocycles. The van der Waals surface area contributed by atoms with Crippen molar-refractivity contribution < 1.29 is 19.1 Å². The molecule has 1 aliphatic rings. The van der Waals surface area contributed by atoms with Crippen LogP contribution in [0.4, 0.5) is 10.5 Å². The van der Waals surface area contributed by atoms with Gasteiger partial charge in [0.05, 0.1) is 5.69 Å². The number of ether oxygens (including phenoxy) is 1.